The molecular weight excluding hydrogens is 231 g/mol. The molecule has 3 nitrogen and oxygen atoms in total. The molecule has 2 rings (SSSR count). The van der Waals surface area contributed by atoms with Gasteiger partial charge in [0.2, 0.25) is 5.91 Å². The molecule has 18 heavy (non-hydrogen) atoms. The Hall–Kier alpha value is -1.42. The van der Waals surface area contributed by atoms with Crippen LogP contribution in [0.5, 0.6) is 0 Å². The average molecular weight is 250 g/mol. The van der Waals surface area contributed by atoms with Crippen LogP contribution in [0.2, 0.25) is 0 Å². The first-order valence-corrected chi connectivity index (χ1v) is 6.41. The number of rotatable bonds is 5. The zero-order valence-corrected chi connectivity index (χ0v) is 10.6. The summed E-state index contributed by atoms with van der Waals surface area (Å²) in [5, 5.41) is 6.25. The number of hydrogen-bond acceptors (Lipinski definition) is 2. The van der Waals surface area contributed by atoms with E-state index in [1.54, 1.807) is 6.07 Å². The lowest BCUT2D eigenvalue weighted by atomic mass is 10.1. The van der Waals surface area contributed by atoms with Gasteiger partial charge in [0.15, 0.2) is 0 Å². The molecule has 1 saturated heterocycles. The quantitative estimate of drug-likeness (QED) is 0.834. The predicted molar refractivity (Wildman–Crippen MR) is 68.7 cm³/mol. The zero-order valence-electron chi connectivity index (χ0n) is 10.6. The van der Waals surface area contributed by atoms with Crippen molar-refractivity contribution in [3.05, 3.63) is 35.6 Å². The first-order valence-electron chi connectivity index (χ1n) is 6.41. The Balaban J connectivity index is 1.77. The molecule has 1 aromatic rings. The van der Waals surface area contributed by atoms with Gasteiger partial charge >= 0.3 is 0 Å². The summed E-state index contributed by atoms with van der Waals surface area (Å²) in [7, 11) is 0. The van der Waals surface area contributed by atoms with E-state index in [0.717, 1.165) is 18.5 Å². The van der Waals surface area contributed by atoms with Crippen molar-refractivity contribution < 1.29 is 9.18 Å². The summed E-state index contributed by atoms with van der Waals surface area (Å²) in [6, 6.07) is 7.26. The van der Waals surface area contributed by atoms with Crippen LogP contribution in [0.3, 0.4) is 0 Å². The highest BCUT2D eigenvalue weighted by molar-refractivity contribution is 5.78. The summed E-state index contributed by atoms with van der Waals surface area (Å²) in [5.41, 5.74) is 0.730. The van der Waals surface area contributed by atoms with Crippen molar-refractivity contribution in [1.82, 2.24) is 10.6 Å². The third-order valence-corrected chi connectivity index (χ3v) is 3.28. The third-order valence-electron chi connectivity index (χ3n) is 3.28. The molecule has 1 amide bonds. The molecule has 2 unspecified atom stereocenters. The van der Waals surface area contributed by atoms with E-state index in [0.29, 0.717) is 12.8 Å². The van der Waals surface area contributed by atoms with E-state index in [1.165, 1.54) is 6.07 Å². The summed E-state index contributed by atoms with van der Waals surface area (Å²) in [6.45, 7) is 2.78. The number of carbonyl (C=O) groups excluding carboxylic acids is 1. The van der Waals surface area contributed by atoms with Crippen LogP contribution in [0.15, 0.2) is 24.3 Å². The summed E-state index contributed by atoms with van der Waals surface area (Å²) < 4.78 is 13.5. The average Bonchev–Trinajstić information content (AvgIpc) is 2.76. The highest BCUT2D eigenvalue weighted by Gasteiger charge is 2.20. The van der Waals surface area contributed by atoms with Gasteiger partial charge in [-0.25, -0.2) is 4.39 Å². The summed E-state index contributed by atoms with van der Waals surface area (Å²) >= 11 is 0. The number of amides is 1. The maximum absolute atomic E-state index is 13.5. The van der Waals surface area contributed by atoms with Crippen LogP contribution in [0.25, 0.3) is 0 Å². The van der Waals surface area contributed by atoms with Crippen LogP contribution in [-0.4, -0.2) is 24.5 Å². The standard InChI is InChI=1S/C14H19FN2O/c1-10(8-11-4-2-3-5-13(11)15)16-9-12-6-7-14(18)17-12/h2-5,10,12,16H,6-9H2,1H3,(H,17,18). The van der Waals surface area contributed by atoms with Gasteiger partial charge < -0.3 is 10.6 Å². The fraction of sp³-hybridized carbons (Fsp3) is 0.500. The Bertz CT molecular complexity index is 422. The summed E-state index contributed by atoms with van der Waals surface area (Å²) in [5.74, 6) is -0.0242. The van der Waals surface area contributed by atoms with Crippen LogP contribution in [0.1, 0.15) is 25.3 Å². The van der Waals surface area contributed by atoms with E-state index in [-0.39, 0.29) is 23.8 Å². The largest absolute Gasteiger partial charge is 0.352 e. The van der Waals surface area contributed by atoms with E-state index in [2.05, 4.69) is 10.6 Å². The fourth-order valence-electron chi connectivity index (χ4n) is 2.24. The Morgan fingerprint density at radius 1 is 1.50 bits per heavy atom. The van der Waals surface area contributed by atoms with Crippen LogP contribution < -0.4 is 10.6 Å². The Morgan fingerprint density at radius 2 is 2.28 bits per heavy atom. The second-order valence-electron chi connectivity index (χ2n) is 4.91. The molecule has 0 aromatic heterocycles. The number of nitrogens with one attached hydrogen (secondary N) is 2. The van der Waals surface area contributed by atoms with E-state index in [1.807, 2.05) is 19.1 Å². The van der Waals surface area contributed by atoms with Gasteiger partial charge in [-0.15, -0.1) is 0 Å². The van der Waals surface area contributed by atoms with Crippen molar-refractivity contribution in [2.45, 2.75) is 38.3 Å². The Labute approximate surface area is 107 Å². The normalized spacial score (nSPS) is 20.8. The van der Waals surface area contributed by atoms with Crippen LogP contribution in [0.4, 0.5) is 4.39 Å². The van der Waals surface area contributed by atoms with Gasteiger partial charge in [0, 0.05) is 25.0 Å². The second kappa shape index (κ2) is 5.96. The minimum absolute atomic E-state index is 0.128. The molecule has 2 atom stereocenters. The molecule has 1 aromatic carbocycles. The highest BCUT2D eigenvalue weighted by Crippen LogP contribution is 2.10. The molecular formula is C14H19FN2O. The predicted octanol–water partition coefficient (Wildman–Crippen LogP) is 1.62. The molecule has 1 fully saturated rings. The molecule has 0 aliphatic carbocycles. The van der Waals surface area contributed by atoms with Gasteiger partial charge in [0.25, 0.3) is 0 Å². The highest BCUT2D eigenvalue weighted by atomic mass is 19.1. The SMILES string of the molecule is CC(Cc1ccccc1F)NCC1CCC(=O)N1. The minimum Gasteiger partial charge on any atom is -0.352 e. The van der Waals surface area contributed by atoms with Crippen molar-refractivity contribution in [2.24, 2.45) is 0 Å². The lowest BCUT2D eigenvalue weighted by Crippen LogP contribution is -2.40. The van der Waals surface area contributed by atoms with Gasteiger partial charge in [0.1, 0.15) is 5.82 Å². The Morgan fingerprint density at radius 3 is 2.94 bits per heavy atom. The lowest BCUT2D eigenvalue weighted by molar-refractivity contribution is -0.119. The van der Waals surface area contributed by atoms with Crippen molar-refractivity contribution in [2.75, 3.05) is 6.54 Å². The molecule has 0 bridgehead atoms. The molecule has 0 saturated carbocycles. The van der Waals surface area contributed by atoms with Gasteiger partial charge in [-0.05, 0) is 31.4 Å². The topological polar surface area (TPSA) is 41.1 Å². The van der Waals surface area contributed by atoms with Crippen LogP contribution >= 0.6 is 0 Å². The number of halogens is 1. The van der Waals surface area contributed by atoms with Crippen molar-refractivity contribution in [1.29, 1.82) is 0 Å². The molecule has 0 radical (unpaired) electrons. The molecule has 1 aliphatic rings. The van der Waals surface area contributed by atoms with Gasteiger partial charge in [-0.1, -0.05) is 18.2 Å². The van der Waals surface area contributed by atoms with Crippen LogP contribution in [-0.2, 0) is 11.2 Å². The first kappa shape index (κ1) is 13.0. The molecule has 1 heterocycles. The fourth-order valence-corrected chi connectivity index (χ4v) is 2.24. The number of benzene rings is 1. The van der Waals surface area contributed by atoms with Gasteiger partial charge in [0.05, 0.1) is 0 Å². The zero-order chi connectivity index (χ0) is 13.0. The lowest BCUT2D eigenvalue weighted by Gasteiger charge is -2.17. The third kappa shape index (κ3) is 3.53. The van der Waals surface area contributed by atoms with Crippen molar-refractivity contribution in [3.8, 4) is 0 Å². The molecule has 1 aliphatic heterocycles. The summed E-state index contributed by atoms with van der Waals surface area (Å²) in [4.78, 5) is 11.0. The van der Waals surface area contributed by atoms with E-state index >= 15 is 0 Å². The van der Waals surface area contributed by atoms with Gasteiger partial charge in [-0.2, -0.15) is 0 Å². The van der Waals surface area contributed by atoms with Gasteiger partial charge in [-0.3, -0.25) is 4.79 Å². The van der Waals surface area contributed by atoms with E-state index < -0.39 is 0 Å². The smallest absolute Gasteiger partial charge is 0.220 e. The number of carbonyl (C=O) groups is 1. The maximum atomic E-state index is 13.5. The van der Waals surface area contributed by atoms with Crippen molar-refractivity contribution >= 4 is 5.91 Å². The molecule has 4 heteroatoms. The first-order chi connectivity index (χ1) is 8.65. The van der Waals surface area contributed by atoms with Crippen molar-refractivity contribution in [3.63, 3.8) is 0 Å². The number of hydrogen-bond donors (Lipinski definition) is 2. The molecule has 0 spiro atoms. The molecule has 98 valence electrons. The monoisotopic (exact) mass is 250 g/mol. The maximum Gasteiger partial charge on any atom is 0.220 e. The Kier molecular flexibility index (Phi) is 4.31. The minimum atomic E-state index is -0.152. The summed E-state index contributed by atoms with van der Waals surface area (Å²) in [6.07, 6.45) is 2.17. The molecule has 2 N–H and O–H groups in total. The van der Waals surface area contributed by atoms with E-state index in [4.69, 9.17) is 0 Å². The van der Waals surface area contributed by atoms with E-state index in [9.17, 15) is 9.18 Å². The van der Waals surface area contributed by atoms with Crippen LogP contribution in [0, 0.1) is 5.82 Å². The second-order valence-corrected chi connectivity index (χ2v) is 4.91.